The molecule has 1 amide bonds. The summed E-state index contributed by atoms with van der Waals surface area (Å²) in [5.74, 6) is -1.47. The summed E-state index contributed by atoms with van der Waals surface area (Å²) in [4.78, 5) is 35.3. The van der Waals surface area contributed by atoms with Crippen molar-refractivity contribution in [1.29, 1.82) is 0 Å². The van der Waals surface area contributed by atoms with Crippen LogP contribution in [-0.4, -0.2) is 77.4 Å². The van der Waals surface area contributed by atoms with Gasteiger partial charge in [0.05, 0.1) is 13.2 Å². The smallest absolute Gasteiger partial charge is 0.407 e. The maximum absolute atomic E-state index is 12.2. The quantitative estimate of drug-likeness (QED) is 0.229. The van der Waals surface area contributed by atoms with E-state index in [1.54, 1.807) is 0 Å². The number of halogens is 3. The second kappa shape index (κ2) is 11.8. The molecular weight excluding hydrogens is 457 g/mol. The van der Waals surface area contributed by atoms with E-state index in [9.17, 15) is 19.5 Å². The molecule has 0 aromatic rings. The summed E-state index contributed by atoms with van der Waals surface area (Å²) >= 11 is 16.6. The number of alkyl halides is 3. The van der Waals surface area contributed by atoms with Crippen LogP contribution in [0.1, 0.15) is 13.8 Å². The molecule has 0 aromatic carbocycles. The Morgan fingerprint density at radius 1 is 1.17 bits per heavy atom. The Morgan fingerprint density at radius 3 is 2.24 bits per heavy atom. The lowest BCUT2D eigenvalue weighted by Crippen LogP contribution is -2.66. The molecule has 0 aliphatic carbocycles. The van der Waals surface area contributed by atoms with Crippen molar-refractivity contribution in [2.24, 2.45) is 0 Å². The van der Waals surface area contributed by atoms with Crippen LogP contribution in [-0.2, 0) is 33.3 Å². The third-order valence-corrected chi connectivity index (χ3v) is 3.79. The number of aliphatic hydroxyl groups excluding tert-OH is 1. The minimum Gasteiger partial charge on any atom is -0.456 e. The average Bonchev–Trinajstić information content (AvgIpc) is 2.60. The summed E-state index contributed by atoms with van der Waals surface area (Å²) in [6, 6.07) is -1.20. The second-order valence-corrected chi connectivity index (χ2v) is 8.37. The zero-order valence-corrected chi connectivity index (χ0v) is 17.9. The van der Waals surface area contributed by atoms with E-state index in [1.807, 2.05) is 0 Å². The number of amides is 1. The molecule has 1 rings (SSSR count). The van der Waals surface area contributed by atoms with E-state index in [-0.39, 0.29) is 6.61 Å². The summed E-state index contributed by atoms with van der Waals surface area (Å²) in [6.07, 6.45) is -4.48. The summed E-state index contributed by atoms with van der Waals surface area (Å²) in [6.45, 7) is 4.58. The van der Waals surface area contributed by atoms with Crippen molar-refractivity contribution in [3.8, 4) is 0 Å². The highest BCUT2D eigenvalue weighted by atomic mass is 35.6. The molecular formula is C16H22Cl3NO9. The van der Waals surface area contributed by atoms with E-state index in [0.29, 0.717) is 0 Å². The van der Waals surface area contributed by atoms with Crippen LogP contribution in [0.15, 0.2) is 12.7 Å². The number of esters is 2. The Bertz CT molecular complexity index is 599. The molecule has 29 heavy (non-hydrogen) atoms. The van der Waals surface area contributed by atoms with Gasteiger partial charge in [0, 0.05) is 13.8 Å². The first-order chi connectivity index (χ1) is 13.5. The van der Waals surface area contributed by atoms with Gasteiger partial charge < -0.3 is 34.1 Å². The molecule has 1 saturated heterocycles. The highest BCUT2D eigenvalue weighted by Gasteiger charge is 2.51. The van der Waals surface area contributed by atoms with Gasteiger partial charge in [0.15, 0.2) is 18.5 Å². The lowest BCUT2D eigenvalue weighted by molar-refractivity contribution is -0.273. The molecule has 1 aliphatic heterocycles. The Hall–Kier alpha value is -1.30. The van der Waals surface area contributed by atoms with E-state index in [2.05, 4.69) is 11.9 Å². The normalized spacial score (nSPS) is 26.9. The number of nitrogens with one attached hydrogen (secondary N) is 1. The van der Waals surface area contributed by atoms with Crippen molar-refractivity contribution in [2.45, 2.75) is 48.3 Å². The van der Waals surface area contributed by atoms with Crippen LogP contribution in [0.3, 0.4) is 0 Å². The molecule has 0 aromatic heterocycles. The first-order valence-corrected chi connectivity index (χ1v) is 9.45. The molecule has 0 radical (unpaired) electrons. The predicted octanol–water partition coefficient (Wildman–Crippen LogP) is 1.23. The fourth-order valence-corrected chi connectivity index (χ4v) is 2.66. The Kier molecular flexibility index (Phi) is 10.4. The van der Waals surface area contributed by atoms with Crippen molar-refractivity contribution in [1.82, 2.24) is 5.32 Å². The van der Waals surface area contributed by atoms with E-state index in [0.717, 1.165) is 13.8 Å². The summed E-state index contributed by atoms with van der Waals surface area (Å²) in [5.41, 5.74) is 0. The van der Waals surface area contributed by atoms with Crippen LogP contribution >= 0.6 is 34.8 Å². The average molecular weight is 479 g/mol. The molecule has 13 heteroatoms. The number of rotatable bonds is 8. The van der Waals surface area contributed by atoms with Crippen molar-refractivity contribution in [3.63, 3.8) is 0 Å². The molecule has 0 saturated carbocycles. The van der Waals surface area contributed by atoms with Crippen molar-refractivity contribution < 1.29 is 43.2 Å². The fourth-order valence-electron chi connectivity index (χ4n) is 2.50. The van der Waals surface area contributed by atoms with Crippen LogP contribution in [0.5, 0.6) is 0 Å². The fraction of sp³-hybridized carbons (Fsp3) is 0.688. The summed E-state index contributed by atoms with van der Waals surface area (Å²) in [7, 11) is 0. The molecule has 0 bridgehead atoms. The number of ether oxygens (including phenoxy) is 5. The van der Waals surface area contributed by atoms with Gasteiger partial charge in [0.25, 0.3) is 0 Å². The van der Waals surface area contributed by atoms with E-state index in [4.69, 9.17) is 58.5 Å². The van der Waals surface area contributed by atoms with Gasteiger partial charge in [0.1, 0.15) is 18.8 Å². The molecule has 1 fully saturated rings. The van der Waals surface area contributed by atoms with E-state index in [1.165, 1.54) is 6.08 Å². The van der Waals surface area contributed by atoms with Crippen molar-refractivity contribution in [2.75, 3.05) is 19.8 Å². The summed E-state index contributed by atoms with van der Waals surface area (Å²) < 4.78 is 24.4. The van der Waals surface area contributed by atoms with Crippen molar-refractivity contribution >= 4 is 52.8 Å². The Balaban J connectivity index is 3.15. The first-order valence-electron chi connectivity index (χ1n) is 8.31. The molecule has 3 unspecified atom stereocenters. The lowest BCUT2D eigenvalue weighted by atomic mass is 9.96. The monoisotopic (exact) mass is 477 g/mol. The SMILES string of the molecule is C=CCO[C@H]1OC(CO)[C@@H](OC(C)=O)C(OC(C)=O)C1NC(=O)OCC(Cl)(Cl)Cl. The van der Waals surface area contributed by atoms with E-state index >= 15 is 0 Å². The van der Waals surface area contributed by atoms with Crippen LogP contribution in [0.4, 0.5) is 4.79 Å². The molecule has 2 N–H and O–H groups in total. The van der Waals surface area contributed by atoms with Gasteiger partial charge in [-0.1, -0.05) is 40.9 Å². The van der Waals surface area contributed by atoms with Crippen LogP contribution in [0, 0.1) is 0 Å². The molecule has 166 valence electrons. The van der Waals surface area contributed by atoms with Gasteiger partial charge in [-0.25, -0.2) is 4.79 Å². The lowest BCUT2D eigenvalue weighted by Gasteiger charge is -2.44. The van der Waals surface area contributed by atoms with Crippen LogP contribution < -0.4 is 5.32 Å². The number of aliphatic hydroxyl groups is 1. The Labute approximate surface area is 182 Å². The number of hydrogen-bond donors (Lipinski definition) is 2. The van der Waals surface area contributed by atoms with Crippen LogP contribution in [0.2, 0.25) is 0 Å². The summed E-state index contributed by atoms with van der Waals surface area (Å²) in [5, 5.41) is 12.0. The Morgan fingerprint density at radius 2 is 1.76 bits per heavy atom. The van der Waals surface area contributed by atoms with Gasteiger partial charge in [-0.2, -0.15) is 0 Å². The molecule has 0 spiro atoms. The number of carbonyl (C=O) groups is 3. The third-order valence-electron chi connectivity index (χ3n) is 3.46. The van der Waals surface area contributed by atoms with Gasteiger partial charge in [-0.15, -0.1) is 6.58 Å². The third kappa shape index (κ3) is 8.93. The number of alkyl carbamates (subject to hydrolysis) is 1. The molecule has 5 atom stereocenters. The maximum atomic E-state index is 12.2. The standard InChI is InChI=1S/C16H22Cl3NO9/c1-4-5-25-14-11(20-15(24)26-7-16(17,18)19)13(28-9(3)23)12(27-8(2)22)10(6-21)29-14/h4,10-14,21H,1,5-7H2,2-3H3,(H,20,24)/t10?,11?,12-,13?,14+/m1/s1. The molecule has 1 heterocycles. The maximum Gasteiger partial charge on any atom is 0.407 e. The minimum atomic E-state index is -1.85. The number of carbonyl (C=O) groups excluding carboxylic acids is 3. The van der Waals surface area contributed by atoms with Gasteiger partial charge >= 0.3 is 18.0 Å². The molecule has 1 aliphatic rings. The zero-order valence-electron chi connectivity index (χ0n) is 15.6. The van der Waals surface area contributed by atoms with Crippen molar-refractivity contribution in [3.05, 3.63) is 12.7 Å². The van der Waals surface area contributed by atoms with Gasteiger partial charge in [0.2, 0.25) is 3.79 Å². The highest BCUT2D eigenvalue weighted by Crippen LogP contribution is 2.28. The first kappa shape index (κ1) is 25.7. The van der Waals surface area contributed by atoms with Crippen LogP contribution in [0.25, 0.3) is 0 Å². The largest absolute Gasteiger partial charge is 0.456 e. The second-order valence-electron chi connectivity index (χ2n) is 5.86. The highest BCUT2D eigenvalue weighted by molar-refractivity contribution is 6.67. The predicted molar refractivity (Wildman–Crippen MR) is 102 cm³/mol. The van der Waals surface area contributed by atoms with Gasteiger partial charge in [-0.05, 0) is 0 Å². The van der Waals surface area contributed by atoms with E-state index < -0.39 is 65.7 Å². The van der Waals surface area contributed by atoms with Gasteiger partial charge in [-0.3, -0.25) is 9.59 Å². The topological polar surface area (TPSA) is 130 Å². The zero-order chi connectivity index (χ0) is 22.2. The number of hydrogen-bond acceptors (Lipinski definition) is 9. The minimum absolute atomic E-state index is 0.00474. The molecule has 10 nitrogen and oxygen atoms in total.